The maximum atomic E-state index is 13.1. The molecule has 8 nitrogen and oxygen atoms in total. The zero-order valence-corrected chi connectivity index (χ0v) is 21.9. The Morgan fingerprint density at radius 3 is 2.41 bits per heavy atom. The SMILES string of the molecule is C=CC(=O)Nc1cncc(C)c1Cc1cc2cc(C(=O)Cc3c(Cl)c(OC)cc(OC)c3Cl)oc2cn1. The molecule has 37 heavy (non-hydrogen) atoms. The van der Waals surface area contributed by atoms with Crippen molar-refractivity contribution >= 4 is 51.5 Å². The fourth-order valence-corrected chi connectivity index (χ4v) is 4.50. The fourth-order valence-electron chi connectivity index (χ4n) is 3.86. The van der Waals surface area contributed by atoms with Crippen LogP contribution in [0.1, 0.15) is 32.9 Å². The first kappa shape index (κ1) is 26.2. The van der Waals surface area contributed by atoms with E-state index in [4.69, 9.17) is 37.1 Å². The molecule has 3 aromatic heterocycles. The molecule has 0 bridgehead atoms. The highest BCUT2D eigenvalue weighted by atomic mass is 35.5. The van der Waals surface area contributed by atoms with Crippen LogP contribution in [0.4, 0.5) is 5.69 Å². The van der Waals surface area contributed by atoms with E-state index in [1.807, 2.05) is 13.0 Å². The Morgan fingerprint density at radius 1 is 1.05 bits per heavy atom. The molecule has 0 aliphatic carbocycles. The number of rotatable bonds is 9. The summed E-state index contributed by atoms with van der Waals surface area (Å²) in [7, 11) is 2.93. The minimum absolute atomic E-state index is 0.117. The van der Waals surface area contributed by atoms with Gasteiger partial charge in [-0.1, -0.05) is 29.8 Å². The highest BCUT2D eigenvalue weighted by Crippen LogP contribution is 2.41. The molecule has 0 aliphatic heterocycles. The fraction of sp³-hybridized carbons (Fsp3) is 0.185. The number of nitrogens with one attached hydrogen (secondary N) is 1. The molecule has 0 radical (unpaired) electrons. The number of fused-ring (bicyclic) bond motifs is 1. The van der Waals surface area contributed by atoms with Gasteiger partial charge in [-0.05, 0) is 36.3 Å². The lowest BCUT2D eigenvalue weighted by Gasteiger charge is -2.13. The molecule has 1 aromatic carbocycles. The van der Waals surface area contributed by atoms with Crippen LogP contribution in [0.3, 0.4) is 0 Å². The van der Waals surface area contributed by atoms with E-state index in [1.54, 1.807) is 30.7 Å². The smallest absolute Gasteiger partial charge is 0.247 e. The monoisotopic (exact) mass is 539 g/mol. The second kappa shape index (κ2) is 11.0. The summed E-state index contributed by atoms with van der Waals surface area (Å²) in [5.74, 6) is 0.181. The molecular weight excluding hydrogens is 517 g/mol. The van der Waals surface area contributed by atoms with E-state index in [-0.39, 0.29) is 33.9 Å². The van der Waals surface area contributed by atoms with Crippen LogP contribution in [0, 0.1) is 6.92 Å². The number of carbonyl (C=O) groups excluding carboxylic acids is 2. The zero-order valence-electron chi connectivity index (χ0n) is 20.4. The Morgan fingerprint density at radius 2 is 1.76 bits per heavy atom. The molecule has 1 N–H and O–H groups in total. The molecule has 0 saturated heterocycles. The summed E-state index contributed by atoms with van der Waals surface area (Å²) in [4.78, 5) is 33.6. The molecule has 0 spiro atoms. The number of nitrogens with zero attached hydrogens (tertiary/aromatic N) is 2. The van der Waals surface area contributed by atoms with Crippen molar-refractivity contribution in [2.45, 2.75) is 19.8 Å². The minimum atomic E-state index is -0.330. The number of ether oxygens (including phenoxy) is 2. The normalized spacial score (nSPS) is 10.8. The van der Waals surface area contributed by atoms with Gasteiger partial charge in [0.2, 0.25) is 11.7 Å². The van der Waals surface area contributed by atoms with Crippen LogP contribution in [0.25, 0.3) is 11.0 Å². The molecule has 0 atom stereocenters. The second-order valence-electron chi connectivity index (χ2n) is 8.16. The van der Waals surface area contributed by atoms with Gasteiger partial charge in [-0.25, -0.2) is 0 Å². The van der Waals surface area contributed by atoms with Gasteiger partial charge >= 0.3 is 0 Å². The number of ketones is 1. The van der Waals surface area contributed by atoms with Crippen molar-refractivity contribution in [3.8, 4) is 11.5 Å². The average Bonchev–Trinajstić information content (AvgIpc) is 3.32. The number of hydrogen-bond acceptors (Lipinski definition) is 7. The minimum Gasteiger partial charge on any atom is -0.495 e. The third kappa shape index (κ3) is 5.45. The van der Waals surface area contributed by atoms with Crippen molar-refractivity contribution in [2.24, 2.45) is 0 Å². The van der Waals surface area contributed by atoms with Crippen molar-refractivity contribution in [1.82, 2.24) is 9.97 Å². The predicted octanol–water partition coefficient (Wildman–Crippen LogP) is 6.00. The molecule has 190 valence electrons. The number of Topliss-reactive ketones (excluding diaryl/α,β-unsaturated/α-hetero) is 1. The predicted molar refractivity (Wildman–Crippen MR) is 142 cm³/mol. The summed E-state index contributed by atoms with van der Waals surface area (Å²) < 4.78 is 16.3. The Hall–Kier alpha value is -3.88. The maximum absolute atomic E-state index is 13.1. The van der Waals surface area contributed by atoms with Gasteiger partial charge in [-0.3, -0.25) is 19.6 Å². The van der Waals surface area contributed by atoms with Crippen molar-refractivity contribution in [2.75, 3.05) is 19.5 Å². The molecule has 10 heteroatoms. The Bertz CT molecular complexity index is 1500. The van der Waals surface area contributed by atoms with Gasteiger partial charge in [0.1, 0.15) is 11.5 Å². The Kier molecular flexibility index (Phi) is 7.80. The van der Waals surface area contributed by atoms with Gasteiger partial charge in [-0.2, -0.15) is 0 Å². The van der Waals surface area contributed by atoms with Crippen LogP contribution in [0.2, 0.25) is 10.0 Å². The van der Waals surface area contributed by atoms with Crippen LogP contribution >= 0.6 is 23.2 Å². The number of methoxy groups -OCH3 is 2. The van der Waals surface area contributed by atoms with Crippen molar-refractivity contribution in [3.63, 3.8) is 0 Å². The topological polar surface area (TPSA) is 104 Å². The quantitative estimate of drug-likeness (QED) is 0.205. The van der Waals surface area contributed by atoms with Gasteiger partial charge in [0.25, 0.3) is 0 Å². The lowest BCUT2D eigenvalue weighted by molar-refractivity contribution is -0.111. The maximum Gasteiger partial charge on any atom is 0.247 e. The van der Waals surface area contributed by atoms with Crippen molar-refractivity contribution in [3.05, 3.63) is 87.6 Å². The molecule has 4 aromatic rings. The number of furan rings is 1. The van der Waals surface area contributed by atoms with E-state index in [0.29, 0.717) is 40.1 Å². The summed E-state index contributed by atoms with van der Waals surface area (Å²) in [5.41, 5.74) is 3.91. The summed E-state index contributed by atoms with van der Waals surface area (Å²) in [6, 6.07) is 5.05. The number of halogens is 2. The summed E-state index contributed by atoms with van der Waals surface area (Å²) >= 11 is 12.8. The number of anilines is 1. The molecule has 4 rings (SSSR count). The van der Waals surface area contributed by atoms with Crippen LogP contribution in [-0.2, 0) is 17.6 Å². The molecule has 0 unspecified atom stereocenters. The van der Waals surface area contributed by atoms with E-state index in [0.717, 1.165) is 16.8 Å². The molecular formula is C27H23Cl2N3O5. The highest BCUT2D eigenvalue weighted by Gasteiger charge is 2.22. The number of aryl methyl sites for hydroxylation is 1. The molecule has 0 fully saturated rings. The van der Waals surface area contributed by atoms with E-state index < -0.39 is 0 Å². The highest BCUT2D eigenvalue weighted by molar-refractivity contribution is 6.38. The number of benzene rings is 1. The van der Waals surface area contributed by atoms with Gasteiger partial charge in [0.05, 0.1) is 42.3 Å². The van der Waals surface area contributed by atoms with Gasteiger partial charge in [0, 0.05) is 41.7 Å². The average molecular weight is 540 g/mol. The Balaban J connectivity index is 1.62. The lowest BCUT2D eigenvalue weighted by Crippen LogP contribution is -2.11. The third-order valence-electron chi connectivity index (χ3n) is 5.81. The van der Waals surface area contributed by atoms with Gasteiger partial charge < -0.3 is 19.2 Å². The van der Waals surface area contributed by atoms with E-state index >= 15 is 0 Å². The zero-order chi connectivity index (χ0) is 26.7. The van der Waals surface area contributed by atoms with Crippen molar-refractivity contribution in [1.29, 1.82) is 0 Å². The number of amides is 1. The van der Waals surface area contributed by atoms with E-state index in [2.05, 4.69) is 21.9 Å². The van der Waals surface area contributed by atoms with Crippen LogP contribution in [0.5, 0.6) is 11.5 Å². The first-order chi connectivity index (χ1) is 17.7. The standard InChI is InChI=1S/C27H23Cl2N3O5/c1-5-25(34)32-19-12-30-11-14(2)17(19)8-16-6-15-7-21(37-24(15)13-31-16)20(33)9-18-26(28)22(35-3)10-23(36-4)27(18)29/h5-7,10-13H,1,8-9H2,2-4H3,(H,32,34). The van der Waals surface area contributed by atoms with Gasteiger partial charge in [0.15, 0.2) is 11.3 Å². The summed E-state index contributed by atoms with van der Waals surface area (Å²) in [6.07, 6.45) is 6.38. The van der Waals surface area contributed by atoms with Gasteiger partial charge in [-0.15, -0.1) is 0 Å². The number of hydrogen-bond donors (Lipinski definition) is 1. The first-order valence-corrected chi connectivity index (χ1v) is 11.9. The summed E-state index contributed by atoms with van der Waals surface area (Å²) in [6.45, 7) is 5.39. The second-order valence-corrected chi connectivity index (χ2v) is 8.92. The van der Waals surface area contributed by atoms with Crippen LogP contribution in [-0.4, -0.2) is 35.9 Å². The van der Waals surface area contributed by atoms with E-state index in [9.17, 15) is 9.59 Å². The molecule has 3 heterocycles. The largest absolute Gasteiger partial charge is 0.495 e. The molecule has 1 amide bonds. The Labute approximate surface area is 223 Å². The molecule has 0 aliphatic rings. The van der Waals surface area contributed by atoms with Crippen LogP contribution < -0.4 is 14.8 Å². The molecule has 0 saturated carbocycles. The number of aromatic nitrogens is 2. The third-order valence-corrected chi connectivity index (χ3v) is 6.64. The van der Waals surface area contributed by atoms with Crippen molar-refractivity contribution < 1.29 is 23.5 Å². The first-order valence-electron chi connectivity index (χ1n) is 11.1. The number of pyridine rings is 2. The summed E-state index contributed by atoms with van der Waals surface area (Å²) in [5, 5.41) is 3.94. The lowest BCUT2D eigenvalue weighted by atomic mass is 10.0. The number of carbonyl (C=O) groups is 2. The van der Waals surface area contributed by atoms with Crippen LogP contribution in [0.15, 0.2) is 53.9 Å². The van der Waals surface area contributed by atoms with E-state index in [1.165, 1.54) is 20.3 Å².